The lowest BCUT2D eigenvalue weighted by atomic mass is 9.97. The first kappa shape index (κ1) is 16.6. The van der Waals surface area contributed by atoms with Gasteiger partial charge in [0.2, 0.25) is 0 Å². The Balaban J connectivity index is 1.24. The number of nitrogens with one attached hydrogen (secondary N) is 1. The topological polar surface area (TPSA) is 71.0 Å². The number of carbonyl (C=O) groups excluding carboxylic acids is 1. The molecular weight excluding hydrogens is 308 g/mol. The Morgan fingerprint density at radius 2 is 2.08 bits per heavy atom. The summed E-state index contributed by atoms with van der Waals surface area (Å²) in [5.74, 6) is 0. The number of carbonyl (C=O) groups is 1. The SMILES string of the molecule is CC(C)(CCO[C@@H]1C[C@@H]2CC[C@H]1N2)OC(=O)N1[C@H]2CC[C@@H]1[C@H](O)C2. The molecule has 4 bridgehead atoms. The molecule has 6 atom stereocenters. The summed E-state index contributed by atoms with van der Waals surface area (Å²) < 4.78 is 11.8. The third kappa shape index (κ3) is 3.04. The van der Waals surface area contributed by atoms with Gasteiger partial charge < -0.3 is 19.9 Å². The second-order valence-electron chi connectivity index (χ2n) is 8.58. The zero-order valence-electron chi connectivity index (χ0n) is 14.7. The molecule has 4 rings (SSSR count). The van der Waals surface area contributed by atoms with E-state index in [1.807, 2.05) is 13.8 Å². The lowest BCUT2D eigenvalue weighted by Gasteiger charge is -2.31. The van der Waals surface area contributed by atoms with Gasteiger partial charge in [0.25, 0.3) is 0 Å². The lowest BCUT2D eigenvalue weighted by molar-refractivity contribution is -0.0312. The number of nitrogens with zero attached hydrogens (tertiary/aromatic N) is 1. The van der Waals surface area contributed by atoms with Crippen LogP contribution in [0, 0.1) is 0 Å². The molecule has 4 fully saturated rings. The van der Waals surface area contributed by atoms with Gasteiger partial charge in [0.1, 0.15) is 5.60 Å². The van der Waals surface area contributed by atoms with E-state index in [2.05, 4.69) is 5.32 Å². The van der Waals surface area contributed by atoms with Gasteiger partial charge in [-0.3, -0.25) is 4.90 Å². The van der Waals surface area contributed by atoms with Gasteiger partial charge in [0, 0.05) is 24.5 Å². The number of hydrogen-bond donors (Lipinski definition) is 2. The van der Waals surface area contributed by atoms with Crippen LogP contribution in [0.5, 0.6) is 0 Å². The van der Waals surface area contributed by atoms with Crippen LogP contribution in [0.4, 0.5) is 4.79 Å². The number of hydrogen-bond acceptors (Lipinski definition) is 5. The maximum Gasteiger partial charge on any atom is 0.410 e. The van der Waals surface area contributed by atoms with E-state index in [0.717, 1.165) is 19.3 Å². The van der Waals surface area contributed by atoms with Gasteiger partial charge in [-0.05, 0) is 52.4 Å². The van der Waals surface area contributed by atoms with E-state index in [1.165, 1.54) is 12.8 Å². The summed E-state index contributed by atoms with van der Waals surface area (Å²) in [5, 5.41) is 13.6. The molecule has 0 radical (unpaired) electrons. The minimum Gasteiger partial charge on any atom is -0.443 e. The van der Waals surface area contributed by atoms with Gasteiger partial charge in [-0.25, -0.2) is 4.79 Å². The van der Waals surface area contributed by atoms with E-state index in [9.17, 15) is 9.90 Å². The summed E-state index contributed by atoms with van der Waals surface area (Å²) in [6.07, 6.45) is 6.53. The fraction of sp³-hybridized carbons (Fsp3) is 0.944. The van der Waals surface area contributed by atoms with E-state index >= 15 is 0 Å². The first-order valence-corrected chi connectivity index (χ1v) is 9.50. The molecule has 0 aromatic heterocycles. The van der Waals surface area contributed by atoms with Gasteiger partial charge in [-0.15, -0.1) is 0 Å². The Kier molecular flexibility index (Phi) is 4.25. The van der Waals surface area contributed by atoms with E-state index in [-0.39, 0.29) is 24.3 Å². The van der Waals surface area contributed by atoms with Crippen molar-refractivity contribution in [3.8, 4) is 0 Å². The Bertz CT molecular complexity index is 497. The fourth-order valence-corrected chi connectivity index (χ4v) is 5.00. The quantitative estimate of drug-likeness (QED) is 0.800. The van der Waals surface area contributed by atoms with Crippen molar-refractivity contribution in [1.82, 2.24) is 10.2 Å². The van der Waals surface area contributed by atoms with Crippen molar-refractivity contribution in [2.75, 3.05) is 6.61 Å². The highest BCUT2D eigenvalue weighted by Crippen LogP contribution is 2.39. The highest BCUT2D eigenvalue weighted by Gasteiger charge is 2.49. The summed E-state index contributed by atoms with van der Waals surface area (Å²) in [6.45, 7) is 4.51. The molecule has 24 heavy (non-hydrogen) atoms. The third-order valence-corrected chi connectivity index (χ3v) is 6.36. The monoisotopic (exact) mass is 338 g/mol. The second kappa shape index (κ2) is 6.15. The predicted molar refractivity (Wildman–Crippen MR) is 88.8 cm³/mol. The van der Waals surface area contributed by atoms with Crippen LogP contribution >= 0.6 is 0 Å². The molecule has 4 aliphatic rings. The fourth-order valence-electron chi connectivity index (χ4n) is 5.00. The summed E-state index contributed by atoms with van der Waals surface area (Å²) in [5.41, 5.74) is -0.547. The highest BCUT2D eigenvalue weighted by molar-refractivity contribution is 5.70. The van der Waals surface area contributed by atoms with Crippen LogP contribution < -0.4 is 5.32 Å². The van der Waals surface area contributed by atoms with Crippen molar-refractivity contribution in [2.24, 2.45) is 0 Å². The number of aliphatic hydroxyl groups excluding tert-OH is 1. The van der Waals surface area contributed by atoms with Crippen molar-refractivity contribution >= 4 is 6.09 Å². The second-order valence-corrected chi connectivity index (χ2v) is 8.58. The Labute approximate surface area is 143 Å². The van der Waals surface area contributed by atoms with Crippen molar-refractivity contribution in [3.05, 3.63) is 0 Å². The van der Waals surface area contributed by atoms with Crippen LogP contribution in [0.25, 0.3) is 0 Å². The zero-order chi connectivity index (χ0) is 16.9. The summed E-state index contributed by atoms with van der Waals surface area (Å²) in [7, 11) is 0. The van der Waals surface area contributed by atoms with Crippen molar-refractivity contribution in [2.45, 2.75) is 101 Å². The van der Waals surface area contributed by atoms with Crippen LogP contribution in [-0.2, 0) is 9.47 Å². The maximum atomic E-state index is 12.5. The van der Waals surface area contributed by atoms with Gasteiger partial charge >= 0.3 is 6.09 Å². The molecule has 6 nitrogen and oxygen atoms in total. The largest absolute Gasteiger partial charge is 0.443 e. The normalized spacial score (nSPS) is 40.5. The molecular formula is C18H30N2O4. The lowest BCUT2D eigenvalue weighted by Crippen LogP contribution is -2.42. The van der Waals surface area contributed by atoms with Gasteiger partial charge in [-0.2, -0.15) is 0 Å². The van der Waals surface area contributed by atoms with Crippen molar-refractivity contribution < 1.29 is 19.4 Å². The summed E-state index contributed by atoms with van der Waals surface area (Å²) >= 11 is 0. The molecule has 0 saturated carbocycles. The van der Waals surface area contributed by atoms with Crippen LogP contribution in [-0.4, -0.2) is 64.7 Å². The minimum absolute atomic E-state index is 0.0466. The molecule has 0 aliphatic carbocycles. The van der Waals surface area contributed by atoms with Crippen LogP contribution in [0.15, 0.2) is 0 Å². The van der Waals surface area contributed by atoms with E-state index in [0.29, 0.717) is 37.6 Å². The molecule has 2 N–H and O–H groups in total. The smallest absolute Gasteiger partial charge is 0.410 e. The van der Waals surface area contributed by atoms with Crippen LogP contribution in [0.1, 0.15) is 58.8 Å². The Morgan fingerprint density at radius 1 is 1.25 bits per heavy atom. The number of amides is 1. The molecule has 0 unspecified atom stereocenters. The molecule has 0 aromatic rings. The van der Waals surface area contributed by atoms with E-state index in [4.69, 9.17) is 9.47 Å². The number of ether oxygens (including phenoxy) is 2. The third-order valence-electron chi connectivity index (χ3n) is 6.36. The average molecular weight is 338 g/mol. The van der Waals surface area contributed by atoms with E-state index in [1.54, 1.807) is 4.90 Å². The van der Waals surface area contributed by atoms with Gasteiger partial charge in [0.15, 0.2) is 0 Å². The molecule has 4 aliphatic heterocycles. The highest BCUT2D eigenvalue weighted by atomic mass is 16.6. The molecule has 6 heteroatoms. The van der Waals surface area contributed by atoms with Crippen molar-refractivity contribution in [3.63, 3.8) is 0 Å². The van der Waals surface area contributed by atoms with E-state index < -0.39 is 5.60 Å². The molecule has 0 spiro atoms. The maximum absolute atomic E-state index is 12.5. The molecule has 4 heterocycles. The first-order valence-electron chi connectivity index (χ1n) is 9.50. The zero-order valence-corrected chi connectivity index (χ0v) is 14.7. The van der Waals surface area contributed by atoms with Crippen molar-refractivity contribution in [1.29, 1.82) is 0 Å². The van der Waals surface area contributed by atoms with Gasteiger partial charge in [-0.1, -0.05) is 0 Å². The molecule has 1 amide bonds. The molecule has 4 saturated heterocycles. The summed E-state index contributed by atoms with van der Waals surface area (Å²) in [6, 6.07) is 1.27. The molecule has 0 aromatic carbocycles. The predicted octanol–water partition coefficient (Wildman–Crippen LogP) is 1.80. The first-order chi connectivity index (χ1) is 11.4. The van der Waals surface area contributed by atoms with Crippen LogP contribution in [0.3, 0.4) is 0 Å². The van der Waals surface area contributed by atoms with Crippen LogP contribution in [0.2, 0.25) is 0 Å². The number of aliphatic hydroxyl groups is 1. The summed E-state index contributed by atoms with van der Waals surface area (Å²) in [4.78, 5) is 14.3. The number of rotatable bonds is 5. The Morgan fingerprint density at radius 3 is 2.67 bits per heavy atom. The van der Waals surface area contributed by atoms with Gasteiger partial charge in [0.05, 0.1) is 24.9 Å². The minimum atomic E-state index is -0.547. The number of fused-ring (bicyclic) bond motifs is 4. The standard InChI is InChI=1S/C18H30N2O4/c1-18(2,7-8-23-16-9-11-3-5-13(16)19-11)24-17(22)20-12-4-6-14(20)15(21)10-12/h11-16,19,21H,3-10H2,1-2H3/t11-,12-,13+,14+,15+,16+/m0/s1. The average Bonchev–Trinajstić information content (AvgIpc) is 3.25. The molecule has 136 valence electrons. The Hall–Kier alpha value is -0.850.